The molecule has 0 N–H and O–H groups in total. The number of hydrogen-bond acceptors (Lipinski definition) is 5. The summed E-state index contributed by atoms with van der Waals surface area (Å²) in [5, 5.41) is 10.9. The van der Waals surface area contributed by atoms with Crippen molar-refractivity contribution in [3.05, 3.63) is 104 Å². The molecule has 0 unspecified atom stereocenters. The van der Waals surface area contributed by atoms with Crippen molar-refractivity contribution in [1.29, 1.82) is 0 Å². The summed E-state index contributed by atoms with van der Waals surface area (Å²) in [6.07, 6.45) is 1.51. The van der Waals surface area contributed by atoms with Gasteiger partial charge in [-0.25, -0.2) is 0 Å². The molecule has 1 aliphatic rings. The van der Waals surface area contributed by atoms with Gasteiger partial charge in [0.2, 0.25) is 5.78 Å². The fourth-order valence-electron chi connectivity index (χ4n) is 3.25. The topological polar surface area (TPSA) is 78.7 Å². The van der Waals surface area contributed by atoms with E-state index in [1.807, 2.05) is 13.8 Å². The second kappa shape index (κ2) is 7.83. The number of ketones is 1. The molecule has 6 heteroatoms. The minimum absolute atomic E-state index is 0.0468. The molecule has 0 fully saturated rings. The quantitative estimate of drug-likeness (QED) is 0.325. The van der Waals surface area contributed by atoms with E-state index in [1.165, 1.54) is 18.2 Å². The number of nitro groups is 1. The predicted octanol–water partition coefficient (Wildman–Crippen LogP) is 5.41. The van der Waals surface area contributed by atoms with Gasteiger partial charge in [0.15, 0.2) is 5.76 Å². The lowest BCUT2D eigenvalue weighted by atomic mass is 10.1. The van der Waals surface area contributed by atoms with E-state index in [1.54, 1.807) is 30.3 Å². The Bertz CT molecular complexity index is 1200. The van der Waals surface area contributed by atoms with Gasteiger partial charge in [-0.1, -0.05) is 35.9 Å². The Morgan fingerprint density at radius 2 is 1.90 bits per heavy atom. The molecule has 0 aliphatic carbocycles. The molecule has 0 radical (unpaired) electrons. The summed E-state index contributed by atoms with van der Waals surface area (Å²) >= 11 is 0. The Balaban J connectivity index is 1.53. The third-order valence-electron chi connectivity index (χ3n) is 4.92. The van der Waals surface area contributed by atoms with Gasteiger partial charge in [-0.15, -0.1) is 0 Å². The van der Waals surface area contributed by atoms with E-state index in [0.717, 1.165) is 16.7 Å². The van der Waals surface area contributed by atoms with Gasteiger partial charge in [0.25, 0.3) is 5.69 Å². The van der Waals surface area contributed by atoms with Crippen molar-refractivity contribution < 1.29 is 19.2 Å². The van der Waals surface area contributed by atoms with Crippen molar-refractivity contribution in [3.8, 4) is 11.5 Å². The molecular weight excluding hydrogens is 382 g/mol. The van der Waals surface area contributed by atoms with E-state index < -0.39 is 4.92 Å². The van der Waals surface area contributed by atoms with Crippen LogP contribution in [0.25, 0.3) is 6.08 Å². The number of non-ortho nitro benzene ring substituents is 1. The fourth-order valence-corrected chi connectivity index (χ4v) is 3.25. The highest BCUT2D eigenvalue weighted by molar-refractivity contribution is 6.14. The van der Waals surface area contributed by atoms with Crippen LogP contribution in [0.1, 0.15) is 32.6 Å². The van der Waals surface area contributed by atoms with Crippen molar-refractivity contribution >= 4 is 17.5 Å². The number of carbonyl (C=O) groups excluding carboxylic acids is 1. The number of nitro benzene ring substituents is 1. The number of Topliss-reactive ketones (excluding diaryl/α,β-unsaturated/α-hetero) is 1. The van der Waals surface area contributed by atoms with Gasteiger partial charge in [-0.2, -0.15) is 0 Å². The first kappa shape index (κ1) is 19.4. The lowest BCUT2D eigenvalue weighted by Crippen LogP contribution is -1.99. The number of aryl methyl sites for hydroxylation is 2. The summed E-state index contributed by atoms with van der Waals surface area (Å²) in [5.74, 6) is 0.865. The van der Waals surface area contributed by atoms with Crippen LogP contribution in [0.4, 0.5) is 5.69 Å². The molecule has 150 valence electrons. The van der Waals surface area contributed by atoms with Gasteiger partial charge >= 0.3 is 0 Å². The summed E-state index contributed by atoms with van der Waals surface area (Å²) in [6, 6.07) is 17.3. The maximum atomic E-state index is 12.6. The summed E-state index contributed by atoms with van der Waals surface area (Å²) in [6.45, 7) is 4.48. The van der Waals surface area contributed by atoms with Crippen LogP contribution >= 0.6 is 0 Å². The van der Waals surface area contributed by atoms with Crippen molar-refractivity contribution in [2.75, 3.05) is 0 Å². The van der Waals surface area contributed by atoms with Gasteiger partial charge in [-0.3, -0.25) is 14.9 Å². The second-order valence-corrected chi connectivity index (χ2v) is 7.17. The third-order valence-corrected chi connectivity index (χ3v) is 4.92. The van der Waals surface area contributed by atoms with E-state index in [2.05, 4.69) is 18.2 Å². The van der Waals surface area contributed by atoms with Gasteiger partial charge in [0, 0.05) is 18.2 Å². The zero-order valence-electron chi connectivity index (χ0n) is 16.5. The third kappa shape index (κ3) is 3.93. The fraction of sp³-hybridized carbons (Fsp3) is 0.125. The van der Waals surface area contributed by atoms with Crippen LogP contribution in [-0.2, 0) is 6.61 Å². The number of fused-ring (bicyclic) bond motifs is 1. The molecule has 0 atom stereocenters. The van der Waals surface area contributed by atoms with Crippen molar-refractivity contribution in [2.24, 2.45) is 0 Å². The maximum Gasteiger partial charge on any atom is 0.270 e. The normalized spacial score (nSPS) is 13.8. The average molecular weight is 401 g/mol. The lowest BCUT2D eigenvalue weighted by Gasteiger charge is -2.10. The van der Waals surface area contributed by atoms with Crippen LogP contribution in [0.15, 0.2) is 66.4 Å². The van der Waals surface area contributed by atoms with Crippen LogP contribution in [0.3, 0.4) is 0 Å². The van der Waals surface area contributed by atoms with Gasteiger partial charge < -0.3 is 9.47 Å². The van der Waals surface area contributed by atoms with Crippen LogP contribution in [0.2, 0.25) is 0 Å². The van der Waals surface area contributed by atoms with E-state index >= 15 is 0 Å². The largest absolute Gasteiger partial charge is 0.489 e. The van der Waals surface area contributed by atoms with Gasteiger partial charge in [0.05, 0.1) is 10.5 Å². The Hall–Kier alpha value is -3.93. The lowest BCUT2D eigenvalue weighted by molar-refractivity contribution is -0.384. The zero-order chi connectivity index (χ0) is 21.3. The molecule has 1 heterocycles. The number of benzene rings is 3. The second-order valence-electron chi connectivity index (χ2n) is 7.17. The first-order chi connectivity index (χ1) is 14.4. The minimum atomic E-state index is -0.479. The SMILES string of the molecule is Cc1ccc(C)c(COc2ccc3c(c2)O/C(=C\c2cccc([N+](=O)[O-])c2)C3=O)c1. The molecule has 0 aromatic heterocycles. The number of nitrogens with zero attached hydrogens (tertiary/aromatic N) is 1. The Kier molecular flexibility index (Phi) is 5.06. The van der Waals surface area contributed by atoms with Crippen molar-refractivity contribution in [3.63, 3.8) is 0 Å². The first-order valence-electron chi connectivity index (χ1n) is 9.42. The Morgan fingerprint density at radius 1 is 1.07 bits per heavy atom. The molecule has 30 heavy (non-hydrogen) atoms. The van der Waals surface area contributed by atoms with E-state index in [0.29, 0.717) is 29.2 Å². The molecule has 0 saturated carbocycles. The Labute approximate surface area is 173 Å². The van der Waals surface area contributed by atoms with E-state index in [4.69, 9.17) is 9.47 Å². The van der Waals surface area contributed by atoms with E-state index in [-0.39, 0.29) is 17.2 Å². The predicted molar refractivity (Wildman–Crippen MR) is 113 cm³/mol. The molecule has 3 aromatic rings. The van der Waals surface area contributed by atoms with Gasteiger partial charge in [-0.05, 0) is 48.7 Å². The molecule has 0 spiro atoms. The Morgan fingerprint density at radius 3 is 2.70 bits per heavy atom. The number of ether oxygens (including phenoxy) is 2. The molecular formula is C24H19NO5. The summed E-state index contributed by atoms with van der Waals surface area (Å²) < 4.78 is 11.6. The molecule has 0 saturated heterocycles. The number of carbonyl (C=O) groups is 1. The maximum absolute atomic E-state index is 12.6. The van der Waals surface area contributed by atoms with Gasteiger partial charge in [0.1, 0.15) is 18.1 Å². The molecule has 0 amide bonds. The van der Waals surface area contributed by atoms with Crippen LogP contribution in [0.5, 0.6) is 11.5 Å². The van der Waals surface area contributed by atoms with Crippen LogP contribution in [0, 0.1) is 24.0 Å². The van der Waals surface area contributed by atoms with Crippen molar-refractivity contribution in [2.45, 2.75) is 20.5 Å². The number of allylic oxidation sites excluding steroid dienone is 1. The van der Waals surface area contributed by atoms with E-state index in [9.17, 15) is 14.9 Å². The minimum Gasteiger partial charge on any atom is -0.489 e. The zero-order valence-corrected chi connectivity index (χ0v) is 16.5. The average Bonchev–Trinajstić information content (AvgIpc) is 3.03. The molecule has 1 aliphatic heterocycles. The number of rotatable bonds is 5. The molecule has 4 rings (SSSR count). The highest BCUT2D eigenvalue weighted by atomic mass is 16.6. The molecule has 0 bridgehead atoms. The van der Waals surface area contributed by atoms with Crippen LogP contribution < -0.4 is 9.47 Å². The molecule has 6 nitrogen and oxygen atoms in total. The standard InChI is InChI=1S/C24H19NO5/c1-15-6-7-16(2)18(10-15)14-29-20-8-9-21-22(13-20)30-23(24(21)26)12-17-4-3-5-19(11-17)25(27)28/h3-13H,14H2,1-2H3/b23-12-. The first-order valence-corrected chi connectivity index (χ1v) is 9.42. The highest BCUT2D eigenvalue weighted by Crippen LogP contribution is 2.35. The highest BCUT2D eigenvalue weighted by Gasteiger charge is 2.28. The van der Waals surface area contributed by atoms with Crippen molar-refractivity contribution in [1.82, 2.24) is 0 Å². The summed E-state index contributed by atoms with van der Waals surface area (Å²) in [7, 11) is 0. The number of hydrogen-bond donors (Lipinski definition) is 0. The monoisotopic (exact) mass is 401 g/mol. The smallest absolute Gasteiger partial charge is 0.270 e. The summed E-state index contributed by atoms with van der Waals surface area (Å²) in [4.78, 5) is 23.1. The molecule has 3 aromatic carbocycles. The van der Waals surface area contributed by atoms with Crippen LogP contribution in [-0.4, -0.2) is 10.7 Å². The summed E-state index contributed by atoms with van der Waals surface area (Å²) in [5.41, 5.74) is 4.32.